The lowest BCUT2D eigenvalue weighted by Crippen LogP contribution is -2.43. The van der Waals surface area contributed by atoms with Gasteiger partial charge in [-0.05, 0) is 54.7 Å². The molecule has 0 atom stereocenters. The van der Waals surface area contributed by atoms with E-state index >= 15 is 0 Å². The predicted octanol–water partition coefficient (Wildman–Crippen LogP) is 5.67. The van der Waals surface area contributed by atoms with Crippen molar-refractivity contribution in [1.82, 2.24) is 14.9 Å². The molecule has 1 saturated heterocycles. The molecule has 6 nitrogen and oxygen atoms in total. The Hall–Kier alpha value is -2.90. The second-order valence-electron chi connectivity index (χ2n) is 8.08. The average Bonchev–Trinajstić information content (AvgIpc) is 3.29. The van der Waals surface area contributed by atoms with Crippen molar-refractivity contribution in [2.24, 2.45) is 0 Å². The van der Waals surface area contributed by atoms with Crippen LogP contribution < -0.4 is 4.74 Å². The lowest BCUT2D eigenvalue weighted by Gasteiger charge is -2.32. The third-order valence-electron chi connectivity index (χ3n) is 6.02. The number of hydrogen-bond donors (Lipinski definition) is 1. The summed E-state index contributed by atoms with van der Waals surface area (Å²) in [6.45, 7) is 3.40. The van der Waals surface area contributed by atoms with Crippen molar-refractivity contribution >= 4 is 17.4 Å². The zero-order valence-corrected chi connectivity index (χ0v) is 19.6. The highest BCUT2D eigenvalue weighted by Crippen LogP contribution is 2.42. The molecule has 1 aliphatic rings. The molecule has 7 heteroatoms. The molecular weight excluding hydrogens is 422 g/mol. The summed E-state index contributed by atoms with van der Waals surface area (Å²) in [6, 6.07) is 16.4. The molecule has 168 valence electrons. The van der Waals surface area contributed by atoms with Crippen LogP contribution in [0.1, 0.15) is 36.3 Å². The van der Waals surface area contributed by atoms with Crippen LogP contribution in [0.3, 0.4) is 0 Å². The Labute approximate surface area is 193 Å². The van der Waals surface area contributed by atoms with E-state index in [9.17, 15) is 10.0 Å². The van der Waals surface area contributed by atoms with Crippen LogP contribution in [0.15, 0.2) is 48.5 Å². The zero-order valence-electron chi connectivity index (χ0n) is 18.7. The van der Waals surface area contributed by atoms with Crippen LogP contribution in [0.2, 0.25) is 0 Å². The summed E-state index contributed by atoms with van der Waals surface area (Å²) >= 11 is 1.75. The van der Waals surface area contributed by atoms with Crippen LogP contribution in [0, 0.1) is 0 Å². The number of benzene rings is 2. The Morgan fingerprint density at radius 1 is 1.12 bits per heavy atom. The summed E-state index contributed by atoms with van der Waals surface area (Å²) in [4.78, 5) is 20.0. The molecule has 1 N–H and O–H groups in total. The van der Waals surface area contributed by atoms with Gasteiger partial charge in [0.2, 0.25) is 0 Å². The topological polar surface area (TPSA) is 65.9 Å². The van der Waals surface area contributed by atoms with Gasteiger partial charge in [0.1, 0.15) is 5.75 Å². The number of methoxy groups -OCH3 is 1. The van der Waals surface area contributed by atoms with Crippen molar-refractivity contribution in [3.63, 3.8) is 0 Å². The van der Waals surface area contributed by atoms with Crippen molar-refractivity contribution in [3.05, 3.63) is 59.1 Å². The van der Waals surface area contributed by atoms with Gasteiger partial charge in [0, 0.05) is 31.6 Å². The normalized spacial score (nSPS) is 14.4. The summed E-state index contributed by atoms with van der Waals surface area (Å²) in [7, 11) is 3.04. The predicted molar refractivity (Wildman–Crippen MR) is 127 cm³/mol. The molecule has 0 aliphatic carbocycles. The van der Waals surface area contributed by atoms with Gasteiger partial charge in [-0.3, -0.25) is 5.21 Å². The maximum Gasteiger partial charge on any atom is 0.343 e. The summed E-state index contributed by atoms with van der Waals surface area (Å²) in [5.74, 6) is 1.12. The Kier molecular flexibility index (Phi) is 6.77. The molecule has 2 aromatic carbocycles. The molecule has 0 bridgehead atoms. The first-order valence-corrected chi connectivity index (χ1v) is 11.8. The first-order chi connectivity index (χ1) is 15.5. The maximum atomic E-state index is 12.1. The van der Waals surface area contributed by atoms with Crippen LogP contribution in [0.25, 0.3) is 21.7 Å². The van der Waals surface area contributed by atoms with Gasteiger partial charge in [-0.25, -0.2) is 14.8 Å². The second kappa shape index (κ2) is 9.71. The van der Waals surface area contributed by atoms with E-state index in [2.05, 4.69) is 43.3 Å². The molecule has 1 aromatic heterocycles. The number of urea groups is 1. The molecule has 4 rings (SSSR count). The van der Waals surface area contributed by atoms with Crippen LogP contribution >= 0.6 is 11.3 Å². The number of carbonyl (C=O) groups excluding carboxylic acids is 1. The van der Waals surface area contributed by atoms with Crippen molar-refractivity contribution in [2.75, 3.05) is 27.2 Å². The van der Waals surface area contributed by atoms with Gasteiger partial charge in [0.25, 0.3) is 0 Å². The summed E-state index contributed by atoms with van der Waals surface area (Å²) in [6.07, 6.45) is 2.69. The molecule has 0 saturated carbocycles. The Balaban J connectivity index is 1.65. The lowest BCUT2D eigenvalue weighted by molar-refractivity contribution is -0.0356. The summed E-state index contributed by atoms with van der Waals surface area (Å²) in [5, 5.41) is 11.2. The number of hydrogen-bond acceptors (Lipinski definition) is 5. The lowest BCUT2D eigenvalue weighted by atomic mass is 9.97. The molecule has 32 heavy (non-hydrogen) atoms. The van der Waals surface area contributed by atoms with Gasteiger partial charge in [-0.15, -0.1) is 11.3 Å². The summed E-state index contributed by atoms with van der Waals surface area (Å²) < 4.78 is 5.32. The highest BCUT2D eigenvalue weighted by atomic mass is 32.1. The van der Waals surface area contributed by atoms with Crippen molar-refractivity contribution < 1.29 is 14.7 Å². The summed E-state index contributed by atoms with van der Waals surface area (Å²) in [5.41, 5.74) is 4.55. The minimum atomic E-state index is -0.349. The fourth-order valence-corrected chi connectivity index (χ4v) is 5.33. The number of nitrogens with zero attached hydrogens (tertiary/aromatic N) is 3. The van der Waals surface area contributed by atoms with Crippen LogP contribution in [0.5, 0.6) is 5.75 Å². The highest BCUT2D eigenvalue weighted by molar-refractivity contribution is 7.15. The van der Waals surface area contributed by atoms with E-state index in [1.807, 2.05) is 12.1 Å². The van der Waals surface area contributed by atoms with Crippen LogP contribution in [0.4, 0.5) is 4.79 Å². The average molecular weight is 452 g/mol. The molecule has 2 amide bonds. The number of hydroxylamine groups is 2. The molecule has 3 aromatic rings. The minimum absolute atomic E-state index is 0.300. The van der Waals surface area contributed by atoms with Crippen molar-refractivity contribution in [1.29, 1.82) is 0 Å². The second-order valence-corrected chi connectivity index (χ2v) is 9.11. The SMILES string of the molecule is CCc1ccc(-c2sc(C3CCN(C(=O)N(C)O)CC3)nc2-c2ccc(OC)cc2)cc1. The largest absolute Gasteiger partial charge is 0.497 e. The molecule has 1 fully saturated rings. The Morgan fingerprint density at radius 2 is 1.75 bits per heavy atom. The van der Waals surface area contributed by atoms with Crippen molar-refractivity contribution in [2.45, 2.75) is 32.1 Å². The van der Waals surface area contributed by atoms with E-state index in [-0.39, 0.29) is 6.03 Å². The Morgan fingerprint density at radius 3 is 2.31 bits per heavy atom. The van der Waals surface area contributed by atoms with E-state index < -0.39 is 0 Å². The number of piperidine rings is 1. The first-order valence-electron chi connectivity index (χ1n) is 11.0. The van der Waals surface area contributed by atoms with E-state index in [0.717, 1.165) is 41.3 Å². The standard InChI is InChI=1S/C25H29N3O3S/c1-4-17-5-7-19(8-6-17)23-22(18-9-11-21(31-3)12-10-18)26-24(32-23)20-13-15-28(16-14-20)25(29)27(2)30/h5-12,20,30H,4,13-16H2,1-3H3. The number of ether oxygens (including phenoxy) is 1. The van der Waals surface area contributed by atoms with E-state index in [0.29, 0.717) is 24.1 Å². The number of thiazole rings is 1. The quantitative estimate of drug-likeness (QED) is 0.401. The minimum Gasteiger partial charge on any atom is -0.497 e. The van der Waals surface area contributed by atoms with E-state index in [1.54, 1.807) is 23.3 Å². The third kappa shape index (κ3) is 4.64. The van der Waals surface area contributed by atoms with Gasteiger partial charge in [0.15, 0.2) is 0 Å². The van der Waals surface area contributed by atoms with Gasteiger partial charge >= 0.3 is 6.03 Å². The van der Waals surface area contributed by atoms with E-state index in [1.165, 1.54) is 23.1 Å². The zero-order chi connectivity index (χ0) is 22.7. The number of likely N-dealkylation sites (tertiary alicyclic amines) is 1. The molecule has 2 heterocycles. The van der Waals surface area contributed by atoms with Gasteiger partial charge in [0.05, 0.1) is 22.7 Å². The smallest absolute Gasteiger partial charge is 0.343 e. The highest BCUT2D eigenvalue weighted by Gasteiger charge is 2.28. The van der Waals surface area contributed by atoms with Gasteiger partial charge < -0.3 is 9.64 Å². The molecule has 0 spiro atoms. The number of rotatable bonds is 5. The van der Waals surface area contributed by atoms with Gasteiger partial charge in [-0.1, -0.05) is 31.2 Å². The van der Waals surface area contributed by atoms with Crippen LogP contribution in [-0.4, -0.2) is 53.4 Å². The van der Waals surface area contributed by atoms with Crippen molar-refractivity contribution in [3.8, 4) is 27.4 Å². The number of amides is 2. The molecule has 0 unspecified atom stereocenters. The number of aromatic nitrogens is 1. The van der Waals surface area contributed by atoms with Crippen LogP contribution in [-0.2, 0) is 6.42 Å². The fourth-order valence-electron chi connectivity index (χ4n) is 4.07. The van der Waals surface area contributed by atoms with E-state index in [4.69, 9.17) is 9.72 Å². The third-order valence-corrected chi connectivity index (χ3v) is 7.29. The number of aryl methyl sites for hydroxylation is 1. The molecular formula is C25H29N3O3S. The molecule has 0 radical (unpaired) electrons. The maximum absolute atomic E-state index is 12.1. The fraction of sp³-hybridized carbons (Fsp3) is 0.360. The molecule has 1 aliphatic heterocycles. The van der Waals surface area contributed by atoms with Gasteiger partial charge in [-0.2, -0.15) is 0 Å². The number of carbonyl (C=O) groups is 1. The first kappa shape index (κ1) is 22.3. The monoisotopic (exact) mass is 451 g/mol. The Bertz CT molecular complexity index is 988.